The summed E-state index contributed by atoms with van der Waals surface area (Å²) in [6.45, 7) is 2.01. The summed E-state index contributed by atoms with van der Waals surface area (Å²) in [5, 5.41) is 11.0. The molecular formula is C29H16O2. The van der Waals surface area contributed by atoms with E-state index in [1.54, 1.807) is 0 Å². The highest BCUT2D eigenvalue weighted by Crippen LogP contribution is 2.43. The van der Waals surface area contributed by atoms with Crippen molar-refractivity contribution >= 4 is 64.6 Å². The van der Waals surface area contributed by atoms with Crippen LogP contribution in [0.15, 0.2) is 88.5 Å². The van der Waals surface area contributed by atoms with Crippen molar-refractivity contribution in [2.45, 2.75) is 6.92 Å². The molecule has 0 N–H and O–H groups in total. The second kappa shape index (κ2) is 5.55. The van der Waals surface area contributed by atoms with Gasteiger partial charge < -0.3 is 0 Å². The van der Waals surface area contributed by atoms with Gasteiger partial charge in [0.1, 0.15) is 0 Å². The van der Waals surface area contributed by atoms with E-state index < -0.39 is 0 Å². The number of rotatable bonds is 0. The van der Waals surface area contributed by atoms with Crippen molar-refractivity contribution in [2.24, 2.45) is 0 Å². The van der Waals surface area contributed by atoms with Gasteiger partial charge in [-0.05, 0) is 45.3 Å². The van der Waals surface area contributed by atoms with E-state index in [-0.39, 0.29) is 10.9 Å². The fourth-order valence-electron chi connectivity index (χ4n) is 5.52. The molecule has 0 spiro atoms. The minimum atomic E-state index is 0.0624. The average Bonchev–Trinajstić information content (AvgIpc) is 2.80. The lowest BCUT2D eigenvalue weighted by Gasteiger charge is -2.17. The van der Waals surface area contributed by atoms with Crippen LogP contribution in [-0.2, 0) is 0 Å². The number of hydrogen-bond donors (Lipinski definition) is 0. The molecule has 0 heterocycles. The first-order valence-electron chi connectivity index (χ1n) is 10.5. The van der Waals surface area contributed by atoms with Crippen LogP contribution in [0.3, 0.4) is 0 Å². The van der Waals surface area contributed by atoms with Gasteiger partial charge in [-0.2, -0.15) is 0 Å². The molecule has 0 atom stereocenters. The van der Waals surface area contributed by atoms with Crippen LogP contribution in [0.25, 0.3) is 64.6 Å². The highest BCUT2D eigenvalue weighted by Gasteiger charge is 2.20. The zero-order chi connectivity index (χ0) is 20.9. The van der Waals surface area contributed by atoms with Crippen molar-refractivity contribution in [3.63, 3.8) is 0 Å². The minimum absolute atomic E-state index is 0.0624. The molecule has 7 rings (SSSR count). The summed E-state index contributed by atoms with van der Waals surface area (Å²) in [7, 11) is 0. The number of aryl methyl sites for hydroxylation is 1. The van der Waals surface area contributed by atoms with Gasteiger partial charge in [0, 0.05) is 32.3 Å². The molecule has 0 amide bonds. The Morgan fingerprint density at radius 3 is 1.52 bits per heavy atom. The van der Waals surface area contributed by atoms with Crippen LogP contribution in [0.5, 0.6) is 0 Å². The lowest BCUT2D eigenvalue weighted by Crippen LogP contribution is -2.06. The molecule has 0 saturated heterocycles. The second-order valence-electron chi connectivity index (χ2n) is 8.46. The van der Waals surface area contributed by atoms with E-state index in [0.717, 1.165) is 70.2 Å². The molecule has 0 saturated carbocycles. The Morgan fingerprint density at radius 1 is 0.419 bits per heavy atom. The number of benzene rings is 7. The lowest BCUT2D eigenvalue weighted by molar-refractivity contribution is 1.51. The van der Waals surface area contributed by atoms with Crippen LogP contribution in [0.4, 0.5) is 0 Å². The van der Waals surface area contributed by atoms with Gasteiger partial charge in [-0.1, -0.05) is 78.4 Å². The summed E-state index contributed by atoms with van der Waals surface area (Å²) in [6.07, 6.45) is 0. The largest absolute Gasteiger partial charge is 0.289 e. The molecule has 7 aromatic rings. The molecule has 0 fully saturated rings. The van der Waals surface area contributed by atoms with Gasteiger partial charge in [0.25, 0.3) is 0 Å². The minimum Gasteiger partial charge on any atom is -0.289 e. The Balaban J connectivity index is 2.00. The first kappa shape index (κ1) is 16.7. The monoisotopic (exact) mass is 396 g/mol. The first-order valence-corrected chi connectivity index (χ1v) is 10.5. The van der Waals surface area contributed by atoms with Crippen molar-refractivity contribution in [3.05, 3.63) is 105 Å². The third-order valence-corrected chi connectivity index (χ3v) is 6.79. The lowest BCUT2D eigenvalue weighted by atomic mass is 9.85. The summed E-state index contributed by atoms with van der Waals surface area (Å²) >= 11 is 0. The predicted octanol–water partition coefficient (Wildman–Crippen LogP) is 6.51. The van der Waals surface area contributed by atoms with Crippen LogP contribution >= 0.6 is 0 Å². The van der Waals surface area contributed by atoms with Crippen LogP contribution in [-0.4, -0.2) is 0 Å². The van der Waals surface area contributed by atoms with Crippen LogP contribution < -0.4 is 10.9 Å². The zero-order valence-electron chi connectivity index (χ0n) is 16.8. The molecule has 7 aromatic carbocycles. The molecule has 0 bridgehead atoms. The summed E-state index contributed by atoms with van der Waals surface area (Å²) in [4.78, 5) is 26.9. The topological polar surface area (TPSA) is 34.1 Å². The molecule has 144 valence electrons. The molecular weight excluding hydrogens is 380 g/mol. The Hall–Kier alpha value is -4.04. The fraction of sp³-hybridized carbons (Fsp3) is 0.0345. The van der Waals surface area contributed by atoms with Crippen molar-refractivity contribution in [2.75, 3.05) is 0 Å². The van der Waals surface area contributed by atoms with Gasteiger partial charge in [-0.25, -0.2) is 0 Å². The zero-order valence-corrected chi connectivity index (χ0v) is 16.8. The Bertz CT molecular complexity index is 1980. The maximum atomic E-state index is 13.5. The van der Waals surface area contributed by atoms with Crippen LogP contribution in [0, 0.1) is 6.92 Å². The van der Waals surface area contributed by atoms with Crippen molar-refractivity contribution in [1.82, 2.24) is 0 Å². The van der Waals surface area contributed by atoms with E-state index in [1.165, 1.54) is 0 Å². The molecule has 2 heteroatoms. The van der Waals surface area contributed by atoms with Gasteiger partial charge >= 0.3 is 0 Å². The molecule has 0 aliphatic carbocycles. The van der Waals surface area contributed by atoms with Crippen LogP contribution in [0.2, 0.25) is 0 Å². The Morgan fingerprint density at radius 2 is 0.871 bits per heavy atom. The average molecular weight is 396 g/mol. The van der Waals surface area contributed by atoms with Gasteiger partial charge in [-0.15, -0.1) is 0 Å². The second-order valence-corrected chi connectivity index (χ2v) is 8.46. The summed E-state index contributed by atoms with van der Waals surface area (Å²) in [6, 6.07) is 25.9. The highest BCUT2D eigenvalue weighted by molar-refractivity contribution is 6.41. The first-order chi connectivity index (χ1) is 15.1. The van der Waals surface area contributed by atoms with Gasteiger partial charge in [0.2, 0.25) is 0 Å². The van der Waals surface area contributed by atoms with Gasteiger partial charge in [-0.3, -0.25) is 9.59 Å². The molecule has 31 heavy (non-hydrogen) atoms. The van der Waals surface area contributed by atoms with E-state index in [9.17, 15) is 9.59 Å². The molecule has 0 aliphatic rings. The SMILES string of the molecule is Cc1ccc2c(c1)c(=O)c1cccc3c1c2c1cccc2c(=O)c4ccccc4c3c21. The highest BCUT2D eigenvalue weighted by atomic mass is 16.1. The summed E-state index contributed by atoms with van der Waals surface area (Å²) in [5.74, 6) is 0. The predicted molar refractivity (Wildman–Crippen MR) is 131 cm³/mol. The van der Waals surface area contributed by atoms with E-state index in [0.29, 0.717) is 0 Å². The molecule has 2 nitrogen and oxygen atoms in total. The van der Waals surface area contributed by atoms with E-state index >= 15 is 0 Å². The van der Waals surface area contributed by atoms with Crippen LogP contribution in [0.1, 0.15) is 5.56 Å². The Kier molecular flexibility index (Phi) is 3.00. The standard InChI is InChI=1S/C29H16O2/c1-15-12-13-17-23(14-15)29(31)22-11-5-8-19-24-16-6-2-3-7-18(16)28(30)21-10-4-9-20(26(21)24)25(17)27(19)22/h2-14H,1H3. The number of fused-ring (bicyclic) bond motifs is 6. The summed E-state index contributed by atoms with van der Waals surface area (Å²) in [5.41, 5.74) is 1.20. The number of hydrogen-bond acceptors (Lipinski definition) is 2. The molecule has 0 unspecified atom stereocenters. The third-order valence-electron chi connectivity index (χ3n) is 6.79. The maximum absolute atomic E-state index is 13.5. The molecule has 0 aliphatic heterocycles. The smallest absolute Gasteiger partial charge is 0.194 e. The maximum Gasteiger partial charge on any atom is 0.194 e. The van der Waals surface area contributed by atoms with E-state index in [4.69, 9.17) is 0 Å². The van der Waals surface area contributed by atoms with E-state index in [1.807, 2.05) is 61.5 Å². The van der Waals surface area contributed by atoms with Gasteiger partial charge in [0.05, 0.1) is 0 Å². The third kappa shape index (κ3) is 1.93. The van der Waals surface area contributed by atoms with Crippen molar-refractivity contribution in [1.29, 1.82) is 0 Å². The van der Waals surface area contributed by atoms with E-state index in [2.05, 4.69) is 24.3 Å². The molecule has 0 radical (unpaired) electrons. The molecule has 0 aromatic heterocycles. The summed E-state index contributed by atoms with van der Waals surface area (Å²) < 4.78 is 0. The normalized spacial score (nSPS) is 12.3. The van der Waals surface area contributed by atoms with Gasteiger partial charge in [0.15, 0.2) is 10.9 Å². The van der Waals surface area contributed by atoms with Crippen molar-refractivity contribution < 1.29 is 0 Å². The fourth-order valence-corrected chi connectivity index (χ4v) is 5.52. The van der Waals surface area contributed by atoms with Crippen molar-refractivity contribution in [3.8, 4) is 0 Å². The quantitative estimate of drug-likeness (QED) is 0.216. The Labute approximate surface area is 176 Å².